The van der Waals surface area contributed by atoms with Crippen LogP contribution in [0.25, 0.3) is 0 Å². The van der Waals surface area contributed by atoms with Gasteiger partial charge >= 0.3 is 5.97 Å². The van der Waals surface area contributed by atoms with Crippen molar-refractivity contribution in [2.75, 3.05) is 5.32 Å². The second-order valence-corrected chi connectivity index (χ2v) is 5.01. The second-order valence-electron chi connectivity index (χ2n) is 4.11. The Morgan fingerprint density at radius 2 is 2.26 bits per heavy atom. The zero-order valence-electron chi connectivity index (χ0n) is 10.5. The molecule has 0 aliphatic rings. The summed E-state index contributed by atoms with van der Waals surface area (Å²) in [6.45, 7) is 1.71. The summed E-state index contributed by atoms with van der Waals surface area (Å²) in [5, 5.41) is 14.1. The number of thiazole rings is 1. The molecule has 6 nitrogen and oxygen atoms in total. The third-order valence-corrected chi connectivity index (χ3v) is 3.41. The quantitative estimate of drug-likeness (QED) is 0.891. The zero-order chi connectivity index (χ0) is 14.0. The monoisotopic (exact) mass is 279 g/mol. The third kappa shape index (κ3) is 2.82. The number of nitrogens with one attached hydrogen (secondary N) is 1. The molecule has 0 bridgehead atoms. The summed E-state index contributed by atoms with van der Waals surface area (Å²) in [5.74, 6) is -1.30. The van der Waals surface area contributed by atoms with Crippen LogP contribution in [-0.2, 0) is 18.3 Å². The predicted molar refractivity (Wildman–Crippen MR) is 71.6 cm³/mol. The van der Waals surface area contributed by atoms with E-state index in [0.717, 1.165) is 0 Å². The van der Waals surface area contributed by atoms with Gasteiger partial charge in [-0.25, -0.2) is 9.78 Å². The van der Waals surface area contributed by atoms with Crippen molar-refractivity contribution in [3.63, 3.8) is 0 Å². The van der Waals surface area contributed by atoms with Crippen molar-refractivity contribution >= 4 is 28.3 Å². The molecule has 0 unspecified atom stereocenters. The van der Waals surface area contributed by atoms with Gasteiger partial charge in [0.25, 0.3) is 0 Å². The number of carboxylic acid groups (broad SMARTS) is 1. The highest BCUT2D eigenvalue weighted by atomic mass is 32.1. The number of amides is 1. The number of aryl methyl sites for hydroxylation is 2. The molecule has 7 heteroatoms. The van der Waals surface area contributed by atoms with Crippen LogP contribution in [0.15, 0.2) is 17.8 Å². The van der Waals surface area contributed by atoms with E-state index in [0.29, 0.717) is 16.4 Å². The fourth-order valence-corrected chi connectivity index (χ4v) is 2.49. The maximum absolute atomic E-state index is 11.9. The minimum absolute atomic E-state index is 0.00551. The zero-order valence-corrected chi connectivity index (χ0v) is 11.3. The summed E-state index contributed by atoms with van der Waals surface area (Å²) in [5.41, 5.74) is 1.32. The molecule has 2 heterocycles. The van der Waals surface area contributed by atoms with Gasteiger partial charge in [0.15, 0.2) is 5.13 Å². The number of hydrogen-bond acceptors (Lipinski definition) is 4. The molecule has 2 rings (SSSR count). The maximum atomic E-state index is 11.9. The van der Waals surface area contributed by atoms with Crippen LogP contribution in [0.4, 0.5) is 5.13 Å². The van der Waals surface area contributed by atoms with Crippen molar-refractivity contribution in [1.82, 2.24) is 9.55 Å². The van der Waals surface area contributed by atoms with E-state index in [1.54, 1.807) is 36.3 Å². The van der Waals surface area contributed by atoms with Crippen molar-refractivity contribution in [2.45, 2.75) is 13.3 Å². The number of aromatic nitrogens is 2. The van der Waals surface area contributed by atoms with Gasteiger partial charge in [-0.15, -0.1) is 11.3 Å². The first kappa shape index (κ1) is 13.3. The molecule has 0 saturated heterocycles. The lowest BCUT2D eigenvalue weighted by Gasteiger charge is -2.05. The van der Waals surface area contributed by atoms with Crippen molar-refractivity contribution in [3.05, 3.63) is 34.6 Å². The number of rotatable bonds is 4. The van der Waals surface area contributed by atoms with Crippen LogP contribution in [-0.4, -0.2) is 26.5 Å². The molecule has 0 saturated carbocycles. The van der Waals surface area contributed by atoms with Crippen LogP contribution in [0.2, 0.25) is 0 Å². The number of aromatic carboxylic acids is 1. The second kappa shape index (κ2) is 5.23. The lowest BCUT2D eigenvalue weighted by atomic mass is 10.1. The lowest BCUT2D eigenvalue weighted by molar-refractivity contribution is -0.115. The Morgan fingerprint density at radius 1 is 1.53 bits per heavy atom. The van der Waals surface area contributed by atoms with Gasteiger partial charge < -0.3 is 15.0 Å². The molecule has 19 heavy (non-hydrogen) atoms. The molecule has 0 spiro atoms. The average molecular weight is 279 g/mol. The molecule has 0 aliphatic heterocycles. The Hall–Kier alpha value is -2.15. The average Bonchev–Trinajstić information content (AvgIpc) is 2.88. The molecular weight excluding hydrogens is 266 g/mol. The number of anilines is 1. The van der Waals surface area contributed by atoms with Gasteiger partial charge in [-0.1, -0.05) is 0 Å². The number of carbonyl (C=O) groups is 2. The molecule has 0 radical (unpaired) electrons. The van der Waals surface area contributed by atoms with Gasteiger partial charge in [-0.05, 0) is 12.5 Å². The molecular formula is C12H13N3O3S. The highest BCUT2D eigenvalue weighted by Gasteiger charge is 2.20. The van der Waals surface area contributed by atoms with Crippen LogP contribution >= 0.6 is 11.3 Å². The van der Waals surface area contributed by atoms with Crippen molar-refractivity contribution in [1.29, 1.82) is 0 Å². The van der Waals surface area contributed by atoms with Gasteiger partial charge in [0, 0.05) is 30.5 Å². The number of carbonyl (C=O) groups excluding carboxylic acids is 1. The summed E-state index contributed by atoms with van der Waals surface area (Å²) >= 11 is 1.32. The van der Waals surface area contributed by atoms with Crippen LogP contribution < -0.4 is 5.32 Å². The minimum atomic E-state index is -1.02. The van der Waals surface area contributed by atoms with E-state index in [1.807, 2.05) is 0 Å². The van der Waals surface area contributed by atoms with Crippen molar-refractivity contribution in [3.8, 4) is 0 Å². The highest BCUT2D eigenvalue weighted by Crippen LogP contribution is 2.18. The molecule has 2 aromatic heterocycles. The number of nitrogens with zero attached hydrogens (tertiary/aromatic N) is 2. The van der Waals surface area contributed by atoms with E-state index in [-0.39, 0.29) is 17.9 Å². The molecule has 0 atom stereocenters. The van der Waals surface area contributed by atoms with Gasteiger partial charge in [0.1, 0.15) is 0 Å². The van der Waals surface area contributed by atoms with Gasteiger partial charge in [0.05, 0.1) is 12.0 Å². The number of hydrogen-bond donors (Lipinski definition) is 2. The molecule has 100 valence electrons. The first-order valence-corrected chi connectivity index (χ1v) is 6.44. The minimum Gasteiger partial charge on any atom is -0.478 e. The van der Waals surface area contributed by atoms with E-state index >= 15 is 0 Å². The summed E-state index contributed by atoms with van der Waals surface area (Å²) in [6, 6.07) is 0. The van der Waals surface area contributed by atoms with Crippen molar-refractivity contribution < 1.29 is 14.7 Å². The van der Waals surface area contributed by atoms with E-state index in [4.69, 9.17) is 0 Å². The Kier molecular flexibility index (Phi) is 3.66. The van der Waals surface area contributed by atoms with Crippen LogP contribution in [0, 0.1) is 6.92 Å². The predicted octanol–water partition coefficient (Wildman–Crippen LogP) is 1.67. The van der Waals surface area contributed by atoms with Crippen LogP contribution in [0.3, 0.4) is 0 Å². The summed E-state index contributed by atoms with van der Waals surface area (Å²) < 4.78 is 1.67. The van der Waals surface area contributed by atoms with Crippen molar-refractivity contribution in [2.24, 2.45) is 7.05 Å². The maximum Gasteiger partial charge on any atom is 0.337 e. The normalized spacial score (nSPS) is 10.4. The largest absolute Gasteiger partial charge is 0.478 e. The smallest absolute Gasteiger partial charge is 0.337 e. The summed E-state index contributed by atoms with van der Waals surface area (Å²) in [4.78, 5) is 27.0. The van der Waals surface area contributed by atoms with E-state index < -0.39 is 5.97 Å². The SMILES string of the molecule is Cc1cn(C)c(CC(=O)Nc2nccs2)c1C(=O)O. The third-order valence-electron chi connectivity index (χ3n) is 2.72. The summed E-state index contributed by atoms with van der Waals surface area (Å²) in [6.07, 6.45) is 3.30. The molecule has 1 amide bonds. The summed E-state index contributed by atoms with van der Waals surface area (Å²) in [7, 11) is 1.73. The Labute approximate surface area is 113 Å². The fraction of sp³-hybridized carbons (Fsp3) is 0.250. The number of carboxylic acids is 1. The van der Waals surface area contributed by atoms with Gasteiger partial charge in [-0.3, -0.25) is 4.79 Å². The Morgan fingerprint density at radius 3 is 2.84 bits per heavy atom. The Balaban J connectivity index is 2.19. The van der Waals surface area contributed by atoms with Crippen LogP contribution in [0.5, 0.6) is 0 Å². The molecule has 0 aromatic carbocycles. The standard InChI is InChI=1S/C12H13N3O3S/c1-7-6-15(2)8(10(7)11(17)18)5-9(16)14-12-13-3-4-19-12/h3-4,6H,5H2,1-2H3,(H,17,18)(H,13,14,16). The molecule has 2 N–H and O–H groups in total. The van der Waals surface area contributed by atoms with Gasteiger partial charge in [-0.2, -0.15) is 0 Å². The van der Waals surface area contributed by atoms with E-state index in [9.17, 15) is 14.7 Å². The lowest BCUT2D eigenvalue weighted by Crippen LogP contribution is -2.18. The Bertz CT molecular complexity index is 616. The first-order chi connectivity index (χ1) is 8.99. The van der Waals surface area contributed by atoms with Gasteiger partial charge in [0.2, 0.25) is 5.91 Å². The first-order valence-electron chi connectivity index (χ1n) is 5.56. The van der Waals surface area contributed by atoms with E-state index in [1.165, 1.54) is 11.3 Å². The van der Waals surface area contributed by atoms with E-state index in [2.05, 4.69) is 10.3 Å². The van der Waals surface area contributed by atoms with Crippen LogP contribution in [0.1, 0.15) is 21.6 Å². The molecule has 0 fully saturated rings. The fourth-order valence-electron chi connectivity index (χ4n) is 1.94. The topological polar surface area (TPSA) is 84.2 Å². The highest BCUT2D eigenvalue weighted by molar-refractivity contribution is 7.13. The molecule has 2 aromatic rings. The molecule has 0 aliphatic carbocycles.